The SMILES string of the molecule is Nc1cc(N[C@@H]2CCCN(CCc3ccccc3)C2)ncn1. The number of anilines is 2. The number of benzene rings is 1. The van der Waals surface area contributed by atoms with Gasteiger partial charge >= 0.3 is 0 Å². The monoisotopic (exact) mass is 297 g/mol. The van der Waals surface area contributed by atoms with Crippen LogP contribution in [0.5, 0.6) is 0 Å². The molecule has 0 amide bonds. The standard InChI is InChI=1S/C17H23N5/c18-16-11-17(20-13-19-16)21-15-7-4-9-22(12-15)10-8-14-5-2-1-3-6-14/h1-3,5-6,11,13,15H,4,7-10,12H2,(H3,18,19,20,21)/t15-/m1/s1. The Morgan fingerprint density at radius 2 is 2.09 bits per heavy atom. The van der Waals surface area contributed by atoms with Gasteiger partial charge in [0, 0.05) is 25.2 Å². The van der Waals surface area contributed by atoms with Crippen molar-refractivity contribution in [2.75, 3.05) is 30.7 Å². The Balaban J connectivity index is 1.51. The average molecular weight is 297 g/mol. The summed E-state index contributed by atoms with van der Waals surface area (Å²) >= 11 is 0. The maximum absolute atomic E-state index is 5.70. The first-order valence-electron chi connectivity index (χ1n) is 7.90. The molecule has 0 aliphatic carbocycles. The quantitative estimate of drug-likeness (QED) is 0.885. The van der Waals surface area contributed by atoms with Crippen LogP contribution in [-0.2, 0) is 6.42 Å². The number of hydrogen-bond acceptors (Lipinski definition) is 5. The van der Waals surface area contributed by atoms with E-state index in [1.807, 2.05) is 0 Å². The van der Waals surface area contributed by atoms with Crippen LogP contribution in [0.4, 0.5) is 11.6 Å². The summed E-state index contributed by atoms with van der Waals surface area (Å²) in [6, 6.07) is 12.9. The van der Waals surface area contributed by atoms with Gasteiger partial charge in [0.1, 0.15) is 18.0 Å². The van der Waals surface area contributed by atoms with Gasteiger partial charge in [-0.05, 0) is 31.4 Å². The number of rotatable bonds is 5. The second-order valence-corrected chi connectivity index (χ2v) is 5.85. The Bertz CT molecular complexity index is 587. The van der Waals surface area contributed by atoms with Crippen LogP contribution in [0, 0.1) is 0 Å². The molecule has 0 bridgehead atoms. The average Bonchev–Trinajstić information content (AvgIpc) is 2.54. The molecule has 1 saturated heterocycles. The maximum Gasteiger partial charge on any atom is 0.131 e. The van der Waals surface area contributed by atoms with Gasteiger partial charge in [0.15, 0.2) is 0 Å². The number of nitrogen functional groups attached to an aromatic ring is 1. The molecule has 0 spiro atoms. The Kier molecular flexibility index (Phi) is 4.85. The lowest BCUT2D eigenvalue weighted by atomic mass is 10.0. The zero-order valence-electron chi connectivity index (χ0n) is 12.8. The van der Waals surface area contributed by atoms with E-state index in [4.69, 9.17) is 5.73 Å². The van der Waals surface area contributed by atoms with Crippen molar-refractivity contribution in [3.05, 3.63) is 48.3 Å². The Hall–Kier alpha value is -2.14. The minimum atomic E-state index is 0.429. The zero-order valence-corrected chi connectivity index (χ0v) is 12.8. The Morgan fingerprint density at radius 1 is 1.23 bits per heavy atom. The van der Waals surface area contributed by atoms with Crippen LogP contribution >= 0.6 is 0 Å². The van der Waals surface area contributed by atoms with Crippen LogP contribution in [0.15, 0.2) is 42.7 Å². The fourth-order valence-corrected chi connectivity index (χ4v) is 2.97. The summed E-state index contributed by atoms with van der Waals surface area (Å²) in [6.07, 6.45) is 5.00. The lowest BCUT2D eigenvalue weighted by Crippen LogP contribution is -2.43. The third-order valence-electron chi connectivity index (χ3n) is 4.11. The van der Waals surface area contributed by atoms with Crippen molar-refractivity contribution in [3.63, 3.8) is 0 Å². The fraction of sp³-hybridized carbons (Fsp3) is 0.412. The summed E-state index contributed by atoms with van der Waals surface area (Å²) in [6.45, 7) is 3.34. The van der Waals surface area contributed by atoms with Crippen LogP contribution in [0.3, 0.4) is 0 Å². The minimum Gasteiger partial charge on any atom is -0.384 e. The van der Waals surface area contributed by atoms with Crippen molar-refractivity contribution >= 4 is 11.6 Å². The molecule has 1 aliphatic heterocycles. The van der Waals surface area contributed by atoms with E-state index in [1.165, 1.54) is 31.3 Å². The molecule has 1 aromatic heterocycles. The van der Waals surface area contributed by atoms with Gasteiger partial charge in [0.2, 0.25) is 0 Å². The molecule has 1 aromatic carbocycles. The summed E-state index contributed by atoms with van der Waals surface area (Å²) in [7, 11) is 0. The summed E-state index contributed by atoms with van der Waals surface area (Å²) in [5, 5.41) is 3.48. The van der Waals surface area contributed by atoms with Crippen LogP contribution < -0.4 is 11.1 Å². The molecule has 2 heterocycles. The predicted octanol–water partition coefficient (Wildman–Crippen LogP) is 2.18. The summed E-state index contributed by atoms with van der Waals surface area (Å²) in [4.78, 5) is 10.7. The first kappa shape index (κ1) is 14.8. The molecule has 5 heteroatoms. The molecular formula is C17H23N5. The predicted molar refractivity (Wildman–Crippen MR) is 89.7 cm³/mol. The molecule has 0 unspecified atom stereocenters. The molecule has 22 heavy (non-hydrogen) atoms. The molecule has 3 rings (SSSR count). The van der Waals surface area contributed by atoms with Gasteiger partial charge in [-0.1, -0.05) is 30.3 Å². The minimum absolute atomic E-state index is 0.429. The number of piperidine rings is 1. The highest BCUT2D eigenvalue weighted by Gasteiger charge is 2.19. The lowest BCUT2D eigenvalue weighted by Gasteiger charge is -2.33. The van der Waals surface area contributed by atoms with Gasteiger partial charge in [0.25, 0.3) is 0 Å². The molecule has 3 N–H and O–H groups in total. The van der Waals surface area contributed by atoms with Crippen molar-refractivity contribution in [1.82, 2.24) is 14.9 Å². The molecule has 0 radical (unpaired) electrons. The summed E-state index contributed by atoms with van der Waals surface area (Å²) in [5.74, 6) is 1.33. The Labute approximate surface area is 131 Å². The van der Waals surface area contributed by atoms with Crippen molar-refractivity contribution in [3.8, 4) is 0 Å². The van der Waals surface area contributed by atoms with Crippen molar-refractivity contribution in [2.24, 2.45) is 0 Å². The molecular weight excluding hydrogens is 274 g/mol. The van der Waals surface area contributed by atoms with Crippen LogP contribution in [-0.4, -0.2) is 40.5 Å². The number of likely N-dealkylation sites (tertiary alicyclic amines) is 1. The van der Waals surface area contributed by atoms with E-state index < -0.39 is 0 Å². The van der Waals surface area contributed by atoms with Gasteiger partial charge in [-0.2, -0.15) is 0 Å². The maximum atomic E-state index is 5.70. The number of aromatic nitrogens is 2. The molecule has 116 valence electrons. The largest absolute Gasteiger partial charge is 0.384 e. The van der Waals surface area contributed by atoms with Crippen molar-refractivity contribution in [1.29, 1.82) is 0 Å². The van der Waals surface area contributed by atoms with E-state index in [0.717, 1.165) is 25.3 Å². The second-order valence-electron chi connectivity index (χ2n) is 5.85. The van der Waals surface area contributed by atoms with Gasteiger partial charge in [-0.25, -0.2) is 9.97 Å². The number of nitrogens with two attached hydrogens (primary N) is 1. The van der Waals surface area contributed by atoms with E-state index in [0.29, 0.717) is 11.9 Å². The number of nitrogens with one attached hydrogen (secondary N) is 1. The highest BCUT2D eigenvalue weighted by Crippen LogP contribution is 2.16. The summed E-state index contributed by atoms with van der Waals surface area (Å²) in [5.41, 5.74) is 7.11. The molecule has 1 aliphatic rings. The van der Waals surface area contributed by atoms with E-state index in [1.54, 1.807) is 6.07 Å². The number of hydrogen-bond donors (Lipinski definition) is 2. The third kappa shape index (κ3) is 4.18. The van der Waals surface area contributed by atoms with Gasteiger partial charge < -0.3 is 16.0 Å². The highest BCUT2D eigenvalue weighted by molar-refractivity contribution is 5.44. The fourth-order valence-electron chi connectivity index (χ4n) is 2.97. The highest BCUT2D eigenvalue weighted by atomic mass is 15.2. The van der Waals surface area contributed by atoms with Gasteiger partial charge in [0.05, 0.1) is 0 Å². The first-order valence-corrected chi connectivity index (χ1v) is 7.90. The summed E-state index contributed by atoms with van der Waals surface area (Å²) < 4.78 is 0. The van der Waals surface area contributed by atoms with Crippen LogP contribution in [0.1, 0.15) is 18.4 Å². The molecule has 1 atom stereocenters. The van der Waals surface area contributed by atoms with E-state index in [2.05, 4.69) is 50.5 Å². The van der Waals surface area contributed by atoms with Crippen LogP contribution in [0.25, 0.3) is 0 Å². The van der Waals surface area contributed by atoms with E-state index >= 15 is 0 Å². The van der Waals surface area contributed by atoms with E-state index in [-0.39, 0.29) is 0 Å². The van der Waals surface area contributed by atoms with Gasteiger partial charge in [-0.3, -0.25) is 0 Å². The second kappa shape index (κ2) is 7.22. The molecule has 0 saturated carbocycles. The van der Waals surface area contributed by atoms with Crippen molar-refractivity contribution in [2.45, 2.75) is 25.3 Å². The third-order valence-corrected chi connectivity index (χ3v) is 4.11. The Morgan fingerprint density at radius 3 is 2.91 bits per heavy atom. The zero-order chi connectivity index (χ0) is 15.2. The smallest absolute Gasteiger partial charge is 0.131 e. The normalized spacial score (nSPS) is 19.0. The molecule has 2 aromatic rings. The molecule has 1 fully saturated rings. The van der Waals surface area contributed by atoms with E-state index in [9.17, 15) is 0 Å². The van der Waals surface area contributed by atoms with Crippen molar-refractivity contribution < 1.29 is 0 Å². The number of nitrogens with zero attached hydrogens (tertiary/aromatic N) is 3. The lowest BCUT2D eigenvalue weighted by molar-refractivity contribution is 0.218. The molecule has 5 nitrogen and oxygen atoms in total. The first-order chi connectivity index (χ1) is 10.8. The van der Waals surface area contributed by atoms with Crippen LogP contribution in [0.2, 0.25) is 0 Å². The topological polar surface area (TPSA) is 67.1 Å². The van der Waals surface area contributed by atoms with Gasteiger partial charge in [-0.15, -0.1) is 0 Å².